The second kappa shape index (κ2) is 5.64. The summed E-state index contributed by atoms with van der Waals surface area (Å²) in [4.78, 5) is 18.8. The maximum absolute atomic E-state index is 12.3. The molecule has 0 radical (unpaired) electrons. The number of hydrogen-bond acceptors (Lipinski definition) is 5. The van der Waals surface area contributed by atoms with Crippen LogP contribution in [0.1, 0.15) is 5.56 Å². The molecule has 0 unspecified atom stereocenters. The van der Waals surface area contributed by atoms with Gasteiger partial charge < -0.3 is 9.40 Å². The highest BCUT2D eigenvalue weighted by atomic mass is 32.2. The van der Waals surface area contributed by atoms with Gasteiger partial charge in [0.05, 0.1) is 16.6 Å². The molecule has 4 rings (SSSR count). The quantitative estimate of drug-likeness (QED) is 0.382. The Morgan fingerprint density at radius 3 is 2.84 bits per heavy atom. The maximum atomic E-state index is 12.3. The minimum absolute atomic E-state index is 0.0566. The molecule has 25 heavy (non-hydrogen) atoms. The summed E-state index contributed by atoms with van der Waals surface area (Å²) in [5.74, 6) is -0.644. The van der Waals surface area contributed by atoms with E-state index in [2.05, 4.69) is 19.9 Å². The number of aromatic amines is 2. The van der Waals surface area contributed by atoms with E-state index in [4.69, 9.17) is 4.42 Å². The lowest BCUT2D eigenvalue weighted by Gasteiger charge is -2.02. The lowest BCUT2D eigenvalue weighted by molar-refractivity contribution is 0.553. The fraction of sp³-hybridized carbons (Fsp3) is 0. The van der Waals surface area contributed by atoms with Gasteiger partial charge in [0, 0.05) is 28.7 Å². The number of rotatable bonds is 4. The zero-order chi connectivity index (χ0) is 17.4. The molecule has 0 saturated carbocycles. The summed E-state index contributed by atoms with van der Waals surface area (Å²) in [5.41, 5.74) is 2.27. The molecule has 0 fully saturated rings. The summed E-state index contributed by atoms with van der Waals surface area (Å²) < 4.78 is 29.5. The van der Waals surface area contributed by atoms with Crippen molar-refractivity contribution in [3.63, 3.8) is 0 Å². The first-order chi connectivity index (χ1) is 12.0. The average molecular weight is 356 g/mol. The molecule has 4 aromatic rings. The van der Waals surface area contributed by atoms with E-state index in [0.717, 1.165) is 16.5 Å². The van der Waals surface area contributed by atoms with Crippen molar-refractivity contribution in [2.45, 2.75) is 4.90 Å². The van der Waals surface area contributed by atoms with E-state index in [1.54, 1.807) is 6.20 Å². The molecule has 0 aliphatic carbocycles. The van der Waals surface area contributed by atoms with Crippen LogP contribution >= 0.6 is 0 Å². The summed E-state index contributed by atoms with van der Waals surface area (Å²) in [6, 6.07) is 11.7. The van der Waals surface area contributed by atoms with Gasteiger partial charge in [-0.25, -0.2) is 9.63 Å². The van der Waals surface area contributed by atoms with Crippen molar-refractivity contribution in [2.75, 3.05) is 0 Å². The highest BCUT2D eigenvalue weighted by Gasteiger charge is 2.15. The normalized spacial score (nSPS) is 12.3. The Morgan fingerprint density at radius 2 is 1.96 bits per heavy atom. The van der Waals surface area contributed by atoms with E-state index < -0.39 is 15.8 Å². The molecule has 2 heterocycles. The van der Waals surface area contributed by atoms with Crippen LogP contribution in [0, 0.1) is 0 Å². The Labute approximate surface area is 141 Å². The molecule has 2 aromatic heterocycles. The van der Waals surface area contributed by atoms with Crippen LogP contribution in [-0.4, -0.2) is 24.6 Å². The second-order valence-electron chi connectivity index (χ2n) is 5.32. The van der Waals surface area contributed by atoms with Crippen molar-refractivity contribution in [2.24, 2.45) is 5.10 Å². The van der Waals surface area contributed by atoms with Crippen molar-refractivity contribution < 1.29 is 12.8 Å². The Morgan fingerprint density at radius 1 is 1.12 bits per heavy atom. The molecule has 3 N–H and O–H groups in total. The van der Waals surface area contributed by atoms with Gasteiger partial charge >= 0.3 is 5.76 Å². The average Bonchev–Trinajstić information content (AvgIpc) is 3.16. The van der Waals surface area contributed by atoms with Gasteiger partial charge in [-0.1, -0.05) is 18.2 Å². The van der Waals surface area contributed by atoms with Crippen LogP contribution in [0.2, 0.25) is 0 Å². The largest absolute Gasteiger partial charge is 0.417 e. The number of nitrogens with zero attached hydrogens (tertiary/aromatic N) is 1. The summed E-state index contributed by atoms with van der Waals surface area (Å²) in [6.07, 6.45) is 3.16. The molecular weight excluding hydrogens is 344 g/mol. The van der Waals surface area contributed by atoms with Crippen LogP contribution in [0.4, 0.5) is 0 Å². The van der Waals surface area contributed by atoms with Crippen molar-refractivity contribution in [3.05, 3.63) is 64.8 Å². The number of benzene rings is 2. The zero-order valence-corrected chi connectivity index (χ0v) is 13.5. The minimum atomic E-state index is -3.88. The van der Waals surface area contributed by atoms with Crippen LogP contribution < -0.4 is 10.6 Å². The monoisotopic (exact) mass is 356 g/mol. The summed E-state index contributed by atoms with van der Waals surface area (Å²) in [5, 5.41) is 4.75. The number of oxazole rings is 1. The highest BCUT2D eigenvalue weighted by Crippen LogP contribution is 2.17. The van der Waals surface area contributed by atoms with E-state index in [1.807, 2.05) is 24.3 Å². The number of sulfonamides is 1. The maximum Gasteiger partial charge on any atom is 0.417 e. The van der Waals surface area contributed by atoms with Crippen LogP contribution in [0.15, 0.2) is 67.9 Å². The first-order valence-electron chi connectivity index (χ1n) is 7.27. The lowest BCUT2D eigenvalue weighted by atomic mass is 10.2. The van der Waals surface area contributed by atoms with Crippen molar-refractivity contribution >= 4 is 38.2 Å². The van der Waals surface area contributed by atoms with E-state index in [1.165, 1.54) is 24.4 Å². The summed E-state index contributed by atoms with van der Waals surface area (Å²) in [7, 11) is -3.88. The third kappa shape index (κ3) is 2.81. The summed E-state index contributed by atoms with van der Waals surface area (Å²) in [6.45, 7) is 0. The van der Waals surface area contributed by atoms with E-state index in [-0.39, 0.29) is 10.5 Å². The predicted octanol–water partition coefficient (Wildman–Crippen LogP) is 1.91. The SMILES string of the molecule is O=c1[nH]c2ccc(S(=O)(=O)N/N=C/c3c[nH]c4ccccc34)cc2o1. The Bertz CT molecular complexity index is 1260. The van der Waals surface area contributed by atoms with Gasteiger partial charge in [0.1, 0.15) is 0 Å². The van der Waals surface area contributed by atoms with Gasteiger partial charge in [0.25, 0.3) is 10.0 Å². The number of para-hydroxylation sites is 1. The molecule has 0 aliphatic heterocycles. The first-order valence-corrected chi connectivity index (χ1v) is 8.75. The topological polar surface area (TPSA) is 120 Å². The van der Waals surface area contributed by atoms with Crippen molar-refractivity contribution in [1.82, 2.24) is 14.8 Å². The molecule has 0 spiro atoms. The smallest absolute Gasteiger partial charge is 0.408 e. The van der Waals surface area contributed by atoms with Crippen LogP contribution in [0.25, 0.3) is 22.0 Å². The van der Waals surface area contributed by atoms with Crippen molar-refractivity contribution in [1.29, 1.82) is 0 Å². The van der Waals surface area contributed by atoms with Crippen molar-refractivity contribution in [3.8, 4) is 0 Å². The Balaban J connectivity index is 1.60. The number of H-pyrrole nitrogens is 2. The fourth-order valence-corrected chi connectivity index (χ4v) is 3.32. The standard InChI is InChI=1S/C16H12N4O4S/c21-16-19-14-6-5-11(7-15(14)24-16)25(22,23)20-18-9-10-8-17-13-4-2-1-3-12(10)13/h1-9,17,20H,(H,19,21)/b18-9+. The molecule has 2 aromatic carbocycles. The number of fused-ring (bicyclic) bond motifs is 2. The van der Waals surface area contributed by atoms with Gasteiger partial charge in [-0.2, -0.15) is 13.5 Å². The number of hydrogen-bond donors (Lipinski definition) is 3. The zero-order valence-electron chi connectivity index (χ0n) is 12.7. The highest BCUT2D eigenvalue weighted by molar-refractivity contribution is 7.89. The molecule has 9 heteroatoms. The summed E-state index contributed by atoms with van der Waals surface area (Å²) >= 11 is 0. The molecule has 126 valence electrons. The second-order valence-corrected chi connectivity index (χ2v) is 6.98. The molecule has 0 saturated heterocycles. The van der Waals surface area contributed by atoms with Gasteiger partial charge in [-0.3, -0.25) is 4.98 Å². The van der Waals surface area contributed by atoms with Crippen LogP contribution in [0.3, 0.4) is 0 Å². The number of aromatic nitrogens is 2. The predicted molar refractivity (Wildman–Crippen MR) is 93.0 cm³/mol. The molecule has 0 amide bonds. The molecule has 0 bridgehead atoms. The lowest BCUT2D eigenvalue weighted by Crippen LogP contribution is -2.18. The third-order valence-corrected chi connectivity index (χ3v) is 4.92. The van der Waals surface area contributed by atoms with Crippen LogP contribution in [0.5, 0.6) is 0 Å². The molecule has 8 nitrogen and oxygen atoms in total. The molecule has 0 atom stereocenters. The van der Waals surface area contributed by atoms with E-state index in [0.29, 0.717) is 5.52 Å². The number of hydrazone groups is 1. The van der Waals surface area contributed by atoms with Gasteiger partial charge in [0.15, 0.2) is 5.58 Å². The van der Waals surface area contributed by atoms with E-state index >= 15 is 0 Å². The fourth-order valence-electron chi connectivity index (χ4n) is 2.51. The minimum Gasteiger partial charge on any atom is -0.408 e. The molecule has 0 aliphatic rings. The van der Waals surface area contributed by atoms with Crippen LogP contribution in [-0.2, 0) is 10.0 Å². The van der Waals surface area contributed by atoms with E-state index in [9.17, 15) is 13.2 Å². The third-order valence-electron chi connectivity index (χ3n) is 3.70. The molecular formula is C16H12N4O4S. The van der Waals surface area contributed by atoms with Gasteiger partial charge in [0.2, 0.25) is 0 Å². The van der Waals surface area contributed by atoms with Gasteiger partial charge in [-0.15, -0.1) is 0 Å². The Kier molecular flexibility index (Phi) is 3.43. The number of nitrogens with one attached hydrogen (secondary N) is 3. The first kappa shape index (κ1) is 15.2. The Hall–Kier alpha value is -3.33. The van der Waals surface area contributed by atoms with Gasteiger partial charge in [-0.05, 0) is 18.2 Å².